The highest BCUT2D eigenvalue weighted by Gasteiger charge is 2.13. The lowest BCUT2D eigenvalue weighted by atomic mass is 10.1. The maximum Gasteiger partial charge on any atom is 0.280 e. The first-order valence-electron chi connectivity index (χ1n) is 10.8. The maximum absolute atomic E-state index is 13.1. The number of benzene rings is 1. The van der Waals surface area contributed by atoms with Gasteiger partial charge in [0.15, 0.2) is 0 Å². The van der Waals surface area contributed by atoms with E-state index in [-0.39, 0.29) is 24.7 Å². The molecule has 0 saturated heterocycles. The Morgan fingerprint density at radius 3 is 2.44 bits per heavy atom. The molecule has 1 aromatic carbocycles. The van der Waals surface area contributed by atoms with Crippen LogP contribution in [0.1, 0.15) is 30.9 Å². The van der Waals surface area contributed by atoms with Gasteiger partial charge >= 0.3 is 0 Å². The Bertz CT molecular complexity index is 1060. The molecule has 0 aliphatic carbocycles. The monoisotopic (exact) mass is 441 g/mol. The smallest absolute Gasteiger partial charge is 0.280 e. The first kappa shape index (κ1) is 23.6. The van der Waals surface area contributed by atoms with Crippen molar-refractivity contribution >= 4 is 22.7 Å². The number of aromatic nitrogens is 4. The molecule has 2 aromatic heterocycles. The van der Waals surface area contributed by atoms with Gasteiger partial charge in [-0.05, 0) is 17.5 Å². The van der Waals surface area contributed by atoms with Crippen LogP contribution in [-0.4, -0.2) is 67.7 Å². The summed E-state index contributed by atoms with van der Waals surface area (Å²) in [6.07, 6.45) is 3.51. The Morgan fingerprint density at radius 2 is 1.78 bits per heavy atom. The Labute approximate surface area is 186 Å². The van der Waals surface area contributed by atoms with Crippen molar-refractivity contribution in [3.05, 3.63) is 51.9 Å². The predicted octanol–water partition coefficient (Wildman–Crippen LogP) is 0.816. The van der Waals surface area contributed by atoms with E-state index >= 15 is 0 Å². The molecule has 5 N–H and O–H groups in total. The topological polar surface area (TPSA) is 142 Å². The van der Waals surface area contributed by atoms with E-state index in [1.807, 2.05) is 29.2 Å². The number of nitrogen functional groups attached to an aromatic ring is 1. The molecule has 0 saturated carbocycles. The number of aliphatic hydroxyl groups excluding tert-OH is 2. The molecule has 0 atom stereocenters. The van der Waals surface area contributed by atoms with Gasteiger partial charge in [-0.15, -0.1) is 0 Å². The van der Waals surface area contributed by atoms with Gasteiger partial charge in [0.05, 0.1) is 26.0 Å². The minimum atomic E-state index is -0.275. The summed E-state index contributed by atoms with van der Waals surface area (Å²) >= 11 is 0. The van der Waals surface area contributed by atoms with Gasteiger partial charge in [0, 0.05) is 26.2 Å². The zero-order valence-electron chi connectivity index (χ0n) is 18.4. The van der Waals surface area contributed by atoms with Crippen LogP contribution >= 0.6 is 0 Å². The summed E-state index contributed by atoms with van der Waals surface area (Å²) in [7, 11) is 0. The number of hydrogen-bond acceptors (Lipinski definition) is 9. The minimum absolute atomic E-state index is 0.0410. The normalized spacial score (nSPS) is 11.4. The molecule has 0 amide bonds. The number of rotatable bonds is 12. The van der Waals surface area contributed by atoms with Gasteiger partial charge in [0.2, 0.25) is 5.95 Å². The zero-order valence-corrected chi connectivity index (χ0v) is 18.4. The fourth-order valence-corrected chi connectivity index (χ4v) is 3.46. The Kier molecular flexibility index (Phi) is 8.48. The highest BCUT2D eigenvalue weighted by Crippen LogP contribution is 2.17. The van der Waals surface area contributed by atoms with Gasteiger partial charge < -0.3 is 21.3 Å². The van der Waals surface area contributed by atoms with E-state index < -0.39 is 0 Å². The SMILES string of the molecule is CCCCNc1nc(N)nc2cnn(Cc3ccc(CN(CCO)CCO)cc3)c(=O)c12. The van der Waals surface area contributed by atoms with Crippen molar-refractivity contribution in [3.63, 3.8) is 0 Å². The number of fused-ring (bicyclic) bond motifs is 1. The van der Waals surface area contributed by atoms with E-state index in [9.17, 15) is 4.79 Å². The molecule has 0 bridgehead atoms. The lowest BCUT2D eigenvalue weighted by Crippen LogP contribution is -2.29. The lowest BCUT2D eigenvalue weighted by molar-refractivity contribution is 0.156. The highest BCUT2D eigenvalue weighted by atomic mass is 16.3. The second-order valence-electron chi connectivity index (χ2n) is 7.62. The van der Waals surface area contributed by atoms with Gasteiger partial charge in [-0.3, -0.25) is 9.69 Å². The summed E-state index contributed by atoms with van der Waals surface area (Å²) in [4.78, 5) is 23.5. The molecular formula is C22H31N7O3. The van der Waals surface area contributed by atoms with Crippen molar-refractivity contribution < 1.29 is 10.2 Å². The highest BCUT2D eigenvalue weighted by molar-refractivity contribution is 5.88. The molecular weight excluding hydrogens is 410 g/mol. The summed E-state index contributed by atoms with van der Waals surface area (Å²) in [6, 6.07) is 7.85. The van der Waals surface area contributed by atoms with E-state index in [1.54, 1.807) is 0 Å². The molecule has 2 heterocycles. The molecule has 0 aliphatic rings. The zero-order chi connectivity index (χ0) is 22.9. The molecule has 3 aromatic rings. The molecule has 0 fully saturated rings. The third kappa shape index (κ3) is 6.00. The first-order chi connectivity index (χ1) is 15.5. The maximum atomic E-state index is 13.1. The molecule has 3 rings (SSSR count). The third-order valence-corrected chi connectivity index (χ3v) is 5.14. The molecule has 0 radical (unpaired) electrons. The summed E-state index contributed by atoms with van der Waals surface area (Å²) < 4.78 is 1.39. The number of anilines is 2. The van der Waals surface area contributed by atoms with E-state index in [0.29, 0.717) is 49.4 Å². The summed E-state index contributed by atoms with van der Waals surface area (Å²) in [5.41, 5.74) is 7.92. The van der Waals surface area contributed by atoms with Crippen LogP contribution in [0.5, 0.6) is 0 Å². The quantitative estimate of drug-likeness (QED) is 0.300. The number of aliphatic hydroxyl groups is 2. The number of unbranched alkanes of at least 4 members (excludes halogenated alkanes) is 1. The fourth-order valence-electron chi connectivity index (χ4n) is 3.46. The number of nitrogens with two attached hydrogens (primary N) is 1. The van der Waals surface area contributed by atoms with Crippen LogP contribution in [0.15, 0.2) is 35.3 Å². The Morgan fingerprint density at radius 1 is 1.09 bits per heavy atom. The molecule has 0 spiro atoms. The van der Waals surface area contributed by atoms with Crippen LogP contribution in [0.4, 0.5) is 11.8 Å². The molecule has 172 valence electrons. The second-order valence-corrected chi connectivity index (χ2v) is 7.62. The first-order valence-corrected chi connectivity index (χ1v) is 10.8. The van der Waals surface area contributed by atoms with E-state index in [0.717, 1.165) is 24.0 Å². The van der Waals surface area contributed by atoms with Gasteiger partial charge in [0.1, 0.15) is 16.7 Å². The summed E-state index contributed by atoms with van der Waals surface area (Å²) in [5.74, 6) is 0.535. The molecule has 0 aliphatic heterocycles. The number of nitrogens with zero attached hydrogens (tertiary/aromatic N) is 5. The average Bonchev–Trinajstić information content (AvgIpc) is 2.77. The molecule has 10 heteroatoms. The largest absolute Gasteiger partial charge is 0.395 e. The van der Waals surface area contributed by atoms with Crippen molar-refractivity contribution in [1.82, 2.24) is 24.6 Å². The molecule has 0 unspecified atom stereocenters. The average molecular weight is 442 g/mol. The van der Waals surface area contributed by atoms with Crippen molar-refractivity contribution in [2.45, 2.75) is 32.9 Å². The fraction of sp³-hybridized carbons (Fsp3) is 0.455. The van der Waals surface area contributed by atoms with Gasteiger partial charge in [-0.25, -0.2) is 9.67 Å². The van der Waals surface area contributed by atoms with Crippen LogP contribution in [0, 0.1) is 0 Å². The lowest BCUT2D eigenvalue weighted by Gasteiger charge is -2.20. The molecule has 32 heavy (non-hydrogen) atoms. The van der Waals surface area contributed by atoms with Crippen LogP contribution in [0.2, 0.25) is 0 Å². The van der Waals surface area contributed by atoms with Gasteiger partial charge in [-0.2, -0.15) is 10.1 Å². The van der Waals surface area contributed by atoms with Crippen molar-refractivity contribution in [3.8, 4) is 0 Å². The van der Waals surface area contributed by atoms with Gasteiger partial charge in [-0.1, -0.05) is 37.6 Å². The van der Waals surface area contributed by atoms with E-state index in [1.165, 1.54) is 10.9 Å². The number of hydrogen-bond donors (Lipinski definition) is 4. The van der Waals surface area contributed by atoms with Gasteiger partial charge in [0.25, 0.3) is 5.56 Å². The summed E-state index contributed by atoms with van der Waals surface area (Å²) in [5, 5.41) is 26.2. The second kappa shape index (κ2) is 11.5. The Hall–Kier alpha value is -3.08. The number of nitrogens with one attached hydrogen (secondary N) is 1. The van der Waals surface area contributed by atoms with E-state index in [2.05, 4.69) is 27.3 Å². The van der Waals surface area contributed by atoms with Crippen LogP contribution in [-0.2, 0) is 13.1 Å². The minimum Gasteiger partial charge on any atom is -0.395 e. The van der Waals surface area contributed by atoms with Crippen molar-refractivity contribution in [2.24, 2.45) is 0 Å². The third-order valence-electron chi connectivity index (χ3n) is 5.14. The standard InChI is InChI=1S/C22H31N7O3/c1-2-3-8-24-20-19-18(26-22(23)27-20)13-25-29(21(19)32)15-17-6-4-16(5-7-17)14-28(9-11-30)10-12-31/h4-7,13,30-31H,2-3,8-12,14-15H2,1H3,(H3,23,24,26,27). The van der Waals surface area contributed by atoms with Crippen molar-refractivity contribution in [2.75, 3.05) is 43.9 Å². The molecule has 10 nitrogen and oxygen atoms in total. The predicted molar refractivity (Wildman–Crippen MR) is 124 cm³/mol. The summed E-state index contributed by atoms with van der Waals surface area (Å²) in [6.45, 7) is 4.80. The van der Waals surface area contributed by atoms with Crippen LogP contribution in [0.25, 0.3) is 10.9 Å². The van der Waals surface area contributed by atoms with E-state index in [4.69, 9.17) is 15.9 Å². The van der Waals surface area contributed by atoms with Crippen LogP contribution < -0.4 is 16.6 Å². The van der Waals surface area contributed by atoms with Crippen LogP contribution in [0.3, 0.4) is 0 Å². The van der Waals surface area contributed by atoms with Crippen molar-refractivity contribution in [1.29, 1.82) is 0 Å². The Balaban J connectivity index is 1.81.